The van der Waals surface area contributed by atoms with E-state index in [0.717, 1.165) is 44.4 Å². The number of ether oxygens (including phenoxy) is 1. The highest BCUT2D eigenvalue weighted by Gasteiger charge is 2.30. The van der Waals surface area contributed by atoms with Crippen LogP contribution in [0, 0.1) is 6.92 Å². The lowest BCUT2D eigenvalue weighted by Gasteiger charge is -2.32. The van der Waals surface area contributed by atoms with E-state index in [2.05, 4.69) is 44.9 Å². The van der Waals surface area contributed by atoms with Crippen molar-refractivity contribution in [2.24, 2.45) is 7.05 Å². The molecule has 1 atom stereocenters. The molecule has 0 radical (unpaired) electrons. The topological polar surface area (TPSA) is 61.0 Å². The molecule has 3 heterocycles. The fourth-order valence-electron chi connectivity index (χ4n) is 3.22. The average Bonchev–Trinajstić information content (AvgIpc) is 3.20. The molecule has 23 heavy (non-hydrogen) atoms. The van der Waals surface area contributed by atoms with Crippen molar-refractivity contribution in [3.8, 4) is 0 Å². The van der Waals surface area contributed by atoms with Gasteiger partial charge in [-0.05, 0) is 25.3 Å². The number of hydrogen-bond donors (Lipinski definition) is 0. The van der Waals surface area contributed by atoms with Crippen LogP contribution in [0.25, 0.3) is 0 Å². The minimum atomic E-state index is 0.180. The second-order valence-corrected chi connectivity index (χ2v) is 6.78. The fourth-order valence-corrected chi connectivity index (χ4v) is 3.22. The largest absolute Gasteiger partial charge is 0.374 e. The molecule has 0 bridgehead atoms. The Balaban J connectivity index is 1.37. The summed E-state index contributed by atoms with van der Waals surface area (Å²) in [7, 11) is 2.09. The van der Waals surface area contributed by atoms with Gasteiger partial charge in [0.2, 0.25) is 0 Å². The molecular weight excluding hydrogens is 292 g/mol. The summed E-state index contributed by atoms with van der Waals surface area (Å²) in [4.78, 5) is 2.41. The maximum absolute atomic E-state index is 5.90. The van der Waals surface area contributed by atoms with E-state index in [4.69, 9.17) is 4.74 Å². The number of hydrogen-bond acceptors (Lipinski definition) is 5. The second kappa shape index (κ2) is 6.05. The van der Waals surface area contributed by atoms with Crippen molar-refractivity contribution in [3.05, 3.63) is 29.6 Å². The summed E-state index contributed by atoms with van der Waals surface area (Å²) in [6, 6.07) is 0. The number of aromatic nitrogens is 5. The van der Waals surface area contributed by atoms with Crippen LogP contribution in [0.15, 0.2) is 12.4 Å². The molecule has 2 aliphatic rings. The van der Waals surface area contributed by atoms with Gasteiger partial charge in [-0.3, -0.25) is 9.58 Å². The van der Waals surface area contributed by atoms with E-state index >= 15 is 0 Å². The van der Waals surface area contributed by atoms with Crippen LogP contribution in [0.3, 0.4) is 0 Å². The first kappa shape index (κ1) is 14.8. The van der Waals surface area contributed by atoms with Crippen LogP contribution in [0.2, 0.25) is 0 Å². The van der Waals surface area contributed by atoms with Crippen molar-refractivity contribution in [2.45, 2.75) is 44.9 Å². The molecule has 1 saturated heterocycles. The number of rotatable bonds is 5. The molecule has 0 N–H and O–H groups in total. The molecule has 0 amide bonds. The van der Waals surface area contributed by atoms with Crippen LogP contribution in [0.4, 0.5) is 0 Å². The molecule has 2 aromatic rings. The molecule has 2 aromatic heterocycles. The Bertz CT molecular complexity index is 674. The third kappa shape index (κ3) is 3.30. The molecule has 1 aliphatic carbocycles. The lowest BCUT2D eigenvalue weighted by molar-refractivity contribution is -0.0411. The molecule has 1 aliphatic heterocycles. The van der Waals surface area contributed by atoms with E-state index < -0.39 is 0 Å². The number of aryl methyl sites for hydroxylation is 1. The van der Waals surface area contributed by atoms with E-state index in [9.17, 15) is 0 Å². The van der Waals surface area contributed by atoms with Crippen molar-refractivity contribution < 1.29 is 4.74 Å². The van der Waals surface area contributed by atoms with Gasteiger partial charge in [0.05, 0.1) is 32.0 Å². The smallest absolute Gasteiger partial charge is 0.146 e. The summed E-state index contributed by atoms with van der Waals surface area (Å²) in [5.74, 6) is 2.85. The lowest BCUT2D eigenvalue weighted by Crippen LogP contribution is -2.44. The Morgan fingerprint density at radius 3 is 2.91 bits per heavy atom. The van der Waals surface area contributed by atoms with Gasteiger partial charge in [-0.25, -0.2) is 0 Å². The SMILES string of the molecule is Cc1cnn(C[C@@H]2CN(Cc3nnc(C4CC4)n3C)CCO2)c1. The molecule has 7 nitrogen and oxygen atoms in total. The van der Waals surface area contributed by atoms with Crippen LogP contribution in [-0.4, -0.2) is 55.2 Å². The lowest BCUT2D eigenvalue weighted by atomic mass is 10.2. The van der Waals surface area contributed by atoms with Gasteiger partial charge in [-0.1, -0.05) is 0 Å². The third-order valence-corrected chi connectivity index (χ3v) is 4.68. The molecule has 124 valence electrons. The van der Waals surface area contributed by atoms with Gasteiger partial charge in [0, 0.05) is 32.3 Å². The first-order valence-electron chi connectivity index (χ1n) is 8.40. The van der Waals surface area contributed by atoms with Gasteiger partial charge >= 0.3 is 0 Å². The summed E-state index contributed by atoms with van der Waals surface area (Å²) < 4.78 is 10.0. The van der Waals surface area contributed by atoms with Crippen LogP contribution in [0.5, 0.6) is 0 Å². The Morgan fingerprint density at radius 1 is 1.30 bits per heavy atom. The summed E-state index contributed by atoms with van der Waals surface area (Å²) in [5.41, 5.74) is 1.18. The standard InChI is InChI=1S/C16H24N6O/c1-12-7-17-22(8-12)10-14-9-21(5-6-23-14)11-15-18-19-16(20(15)2)13-3-4-13/h7-8,13-14H,3-6,9-11H2,1-2H3/t14-/m0/s1. The Kier molecular flexibility index (Phi) is 3.90. The zero-order chi connectivity index (χ0) is 15.8. The molecule has 7 heteroatoms. The van der Waals surface area contributed by atoms with E-state index in [-0.39, 0.29) is 6.10 Å². The van der Waals surface area contributed by atoms with Crippen molar-refractivity contribution >= 4 is 0 Å². The summed E-state index contributed by atoms with van der Waals surface area (Å²) >= 11 is 0. The van der Waals surface area contributed by atoms with Gasteiger partial charge < -0.3 is 9.30 Å². The van der Waals surface area contributed by atoms with Crippen molar-refractivity contribution in [1.29, 1.82) is 0 Å². The van der Waals surface area contributed by atoms with Gasteiger partial charge in [-0.2, -0.15) is 5.10 Å². The molecule has 2 fully saturated rings. The third-order valence-electron chi connectivity index (χ3n) is 4.68. The van der Waals surface area contributed by atoms with Gasteiger partial charge in [-0.15, -0.1) is 10.2 Å². The predicted molar refractivity (Wildman–Crippen MR) is 85.0 cm³/mol. The summed E-state index contributed by atoms with van der Waals surface area (Å²) in [6.45, 7) is 6.32. The Morgan fingerprint density at radius 2 is 2.17 bits per heavy atom. The van der Waals surface area contributed by atoms with E-state index in [1.807, 2.05) is 10.9 Å². The van der Waals surface area contributed by atoms with Crippen LogP contribution < -0.4 is 0 Å². The average molecular weight is 316 g/mol. The molecule has 0 spiro atoms. The van der Waals surface area contributed by atoms with Crippen LogP contribution in [0.1, 0.15) is 36.0 Å². The predicted octanol–water partition coefficient (Wildman–Crippen LogP) is 1.10. The van der Waals surface area contributed by atoms with E-state index in [1.54, 1.807) is 0 Å². The van der Waals surface area contributed by atoms with Crippen LogP contribution >= 0.6 is 0 Å². The highest BCUT2D eigenvalue weighted by atomic mass is 16.5. The normalized spacial score (nSPS) is 22.6. The van der Waals surface area contributed by atoms with Gasteiger partial charge in [0.1, 0.15) is 11.6 Å². The van der Waals surface area contributed by atoms with E-state index in [0.29, 0.717) is 5.92 Å². The fraction of sp³-hybridized carbons (Fsp3) is 0.688. The minimum absolute atomic E-state index is 0.180. The Labute approximate surface area is 136 Å². The van der Waals surface area contributed by atoms with Crippen molar-refractivity contribution in [1.82, 2.24) is 29.4 Å². The zero-order valence-corrected chi connectivity index (χ0v) is 13.9. The quantitative estimate of drug-likeness (QED) is 0.826. The van der Waals surface area contributed by atoms with Crippen LogP contribution in [-0.2, 0) is 24.9 Å². The number of morpholine rings is 1. The maximum Gasteiger partial charge on any atom is 0.146 e. The van der Waals surface area contributed by atoms with Gasteiger partial charge in [0.25, 0.3) is 0 Å². The highest BCUT2D eigenvalue weighted by molar-refractivity contribution is 5.07. The maximum atomic E-state index is 5.90. The molecule has 0 aromatic carbocycles. The molecular formula is C16H24N6O. The monoisotopic (exact) mass is 316 g/mol. The Hall–Kier alpha value is -1.73. The summed E-state index contributed by atoms with van der Waals surface area (Å²) in [6.07, 6.45) is 6.65. The van der Waals surface area contributed by atoms with Gasteiger partial charge in [0.15, 0.2) is 0 Å². The molecule has 1 saturated carbocycles. The van der Waals surface area contributed by atoms with E-state index in [1.165, 1.54) is 18.4 Å². The second-order valence-electron chi connectivity index (χ2n) is 6.78. The van der Waals surface area contributed by atoms with Crippen molar-refractivity contribution in [3.63, 3.8) is 0 Å². The summed E-state index contributed by atoms with van der Waals surface area (Å²) in [5, 5.41) is 13.1. The molecule has 0 unspecified atom stereocenters. The van der Waals surface area contributed by atoms with Crippen molar-refractivity contribution in [2.75, 3.05) is 19.7 Å². The highest BCUT2D eigenvalue weighted by Crippen LogP contribution is 2.38. The molecule has 4 rings (SSSR count). The zero-order valence-electron chi connectivity index (χ0n) is 13.9. The number of nitrogens with zero attached hydrogens (tertiary/aromatic N) is 6. The first-order valence-corrected chi connectivity index (χ1v) is 8.40. The first-order chi connectivity index (χ1) is 11.2. The minimum Gasteiger partial charge on any atom is -0.374 e.